The second-order valence-corrected chi connectivity index (χ2v) is 7.12. The predicted molar refractivity (Wildman–Crippen MR) is 114 cm³/mol. The SMILES string of the molecule is COc1cc(/C=C2\C(=O)NC(=S)N(c3ccccc3F)C2=O)c(Br)cc1OCC#N. The lowest BCUT2D eigenvalue weighted by molar-refractivity contribution is -0.122. The van der Waals surface area contributed by atoms with E-state index in [0.717, 1.165) is 4.90 Å². The number of anilines is 1. The molecule has 0 aliphatic carbocycles. The number of nitriles is 1. The molecule has 0 saturated carbocycles. The Balaban J connectivity index is 2.05. The summed E-state index contributed by atoms with van der Waals surface area (Å²) in [5.41, 5.74) is 0.103. The van der Waals surface area contributed by atoms with E-state index < -0.39 is 17.6 Å². The highest BCUT2D eigenvalue weighted by atomic mass is 79.9. The molecule has 1 fully saturated rings. The number of thiocarbonyl (C=S) groups is 1. The molecule has 30 heavy (non-hydrogen) atoms. The number of para-hydroxylation sites is 1. The lowest BCUT2D eigenvalue weighted by Crippen LogP contribution is -2.54. The first-order valence-electron chi connectivity index (χ1n) is 8.40. The monoisotopic (exact) mass is 489 g/mol. The number of amides is 2. The Hall–Kier alpha value is -3.29. The van der Waals surface area contributed by atoms with Gasteiger partial charge in [-0.05, 0) is 48.1 Å². The summed E-state index contributed by atoms with van der Waals surface area (Å²) in [6.45, 7) is -0.181. The van der Waals surface area contributed by atoms with E-state index in [1.54, 1.807) is 12.1 Å². The zero-order valence-corrected chi connectivity index (χ0v) is 17.8. The zero-order valence-electron chi connectivity index (χ0n) is 15.4. The van der Waals surface area contributed by atoms with Gasteiger partial charge in [-0.2, -0.15) is 5.26 Å². The average molecular weight is 490 g/mol. The van der Waals surface area contributed by atoms with Crippen LogP contribution < -0.4 is 19.7 Å². The topological polar surface area (TPSA) is 91.7 Å². The van der Waals surface area contributed by atoms with E-state index in [1.165, 1.54) is 37.5 Å². The lowest BCUT2D eigenvalue weighted by Gasteiger charge is -2.29. The molecule has 1 N–H and O–H groups in total. The number of hydrogen-bond donors (Lipinski definition) is 1. The summed E-state index contributed by atoms with van der Waals surface area (Å²) in [7, 11) is 1.41. The van der Waals surface area contributed by atoms with Crippen LogP contribution in [0.1, 0.15) is 5.56 Å². The van der Waals surface area contributed by atoms with Gasteiger partial charge in [0.05, 0.1) is 12.8 Å². The van der Waals surface area contributed by atoms with Crippen LogP contribution in [0.5, 0.6) is 11.5 Å². The molecule has 0 unspecified atom stereocenters. The Morgan fingerprint density at radius 3 is 2.70 bits per heavy atom. The summed E-state index contributed by atoms with van der Waals surface area (Å²) in [4.78, 5) is 26.4. The van der Waals surface area contributed by atoms with E-state index in [2.05, 4.69) is 21.2 Å². The maximum atomic E-state index is 14.2. The summed E-state index contributed by atoms with van der Waals surface area (Å²) < 4.78 is 25.3. The van der Waals surface area contributed by atoms with Crippen molar-refractivity contribution in [2.45, 2.75) is 0 Å². The Bertz CT molecular complexity index is 1130. The second kappa shape index (κ2) is 9.02. The van der Waals surface area contributed by atoms with Gasteiger partial charge in [-0.25, -0.2) is 9.29 Å². The average Bonchev–Trinajstić information content (AvgIpc) is 2.71. The third-order valence-corrected chi connectivity index (χ3v) is 5.04. The molecular formula is C20H13BrFN3O4S. The number of rotatable bonds is 5. The van der Waals surface area contributed by atoms with E-state index in [1.807, 2.05) is 6.07 Å². The van der Waals surface area contributed by atoms with Crippen LogP contribution in [-0.2, 0) is 9.59 Å². The summed E-state index contributed by atoms with van der Waals surface area (Å²) in [5.74, 6) is -1.55. The molecule has 2 aromatic rings. The van der Waals surface area contributed by atoms with Crippen LogP contribution in [0.15, 0.2) is 46.4 Å². The van der Waals surface area contributed by atoms with Gasteiger partial charge < -0.3 is 9.47 Å². The van der Waals surface area contributed by atoms with Gasteiger partial charge in [-0.15, -0.1) is 0 Å². The van der Waals surface area contributed by atoms with Crippen molar-refractivity contribution in [1.29, 1.82) is 5.26 Å². The van der Waals surface area contributed by atoms with Crippen molar-refractivity contribution in [1.82, 2.24) is 5.32 Å². The quantitative estimate of drug-likeness (QED) is 0.393. The number of hydrogen-bond acceptors (Lipinski definition) is 6. The van der Waals surface area contributed by atoms with Crippen molar-refractivity contribution in [3.8, 4) is 17.6 Å². The molecule has 1 aliphatic heterocycles. The normalized spacial score (nSPS) is 15.1. The van der Waals surface area contributed by atoms with Crippen molar-refractivity contribution >= 4 is 56.8 Å². The molecule has 152 valence electrons. The van der Waals surface area contributed by atoms with Crippen LogP contribution in [-0.4, -0.2) is 30.6 Å². The third kappa shape index (κ3) is 4.17. The van der Waals surface area contributed by atoms with Crippen molar-refractivity contribution in [3.05, 3.63) is 57.8 Å². The van der Waals surface area contributed by atoms with Gasteiger partial charge in [0.2, 0.25) is 0 Å². The van der Waals surface area contributed by atoms with Gasteiger partial charge in [0.25, 0.3) is 11.8 Å². The molecule has 10 heteroatoms. The molecule has 0 radical (unpaired) electrons. The maximum Gasteiger partial charge on any atom is 0.270 e. The van der Waals surface area contributed by atoms with Gasteiger partial charge in [0.1, 0.15) is 17.5 Å². The molecule has 0 bridgehead atoms. The van der Waals surface area contributed by atoms with Gasteiger partial charge in [-0.3, -0.25) is 14.9 Å². The summed E-state index contributed by atoms with van der Waals surface area (Å²) in [5, 5.41) is 10.9. The Kier molecular flexibility index (Phi) is 6.44. The molecule has 1 saturated heterocycles. The first kappa shape index (κ1) is 21.4. The van der Waals surface area contributed by atoms with Crippen LogP contribution in [0.3, 0.4) is 0 Å². The third-order valence-electron chi connectivity index (χ3n) is 4.07. The lowest BCUT2D eigenvalue weighted by atomic mass is 10.1. The fourth-order valence-electron chi connectivity index (χ4n) is 2.71. The number of nitrogens with one attached hydrogen (secondary N) is 1. The van der Waals surface area contributed by atoms with E-state index in [0.29, 0.717) is 21.5 Å². The van der Waals surface area contributed by atoms with E-state index in [4.69, 9.17) is 27.0 Å². The van der Waals surface area contributed by atoms with Gasteiger partial charge in [-0.1, -0.05) is 28.1 Å². The molecule has 1 aliphatic rings. The minimum Gasteiger partial charge on any atom is -0.493 e. The highest BCUT2D eigenvalue weighted by Crippen LogP contribution is 2.35. The molecule has 3 rings (SSSR count). The summed E-state index contributed by atoms with van der Waals surface area (Å²) in [6.07, 6.45) is 1.33. The van der Waals surface area contributed by atoms with E-state index >= 15 is 0 Å². The largest absolute Gasteiger partial charge is 0.493 e. The minimum absolute atomic E-state index is 0.0738. The van der Waals surface area contributed by atoms with Crippen molar-refractivity contribution in [2.75, 3.05) is 18.6 Å². The number of carbonyl (C=O) groups excluding carboxylic acids is 2. The fourth-order valence-corrected chi connectivity index (χ4v) is 3.42. The first-order chi connectivity index (χ1) is 14.4. The number of halogens is 2. The Morgan fingerprint density at radius 1 is 1.30 bits per heavy atom. The molecule has 0 aromatic heterocycles. The molecule has 0 atom stereocenters. The molecule has 2 amide bonds. The van der Waals surface area contributed by atoms with E-state index in [9.17, 15) is 14.0 Å². The van der Waals surface area contributed by atoms with Crippen LogP contribution in [0.4, 0.5) is 10.1 Å². The molecule has 1 heterocycles. The molecule has 0 spiro atoms. The molecule has 2 aromatic carbocycles. The van der Waals surface area contributed by atoms with Crippen LogP contribution in [0.25, 0.3) is 6.08 Å². The smallest absolute Gasteiger partial charge is 0.270 e. The summed E-state index contributed by atoms with van der Waals surface area (Å²) >= 11 is 8.42. The fraction of sp³-hybridized carbons (Fsp3) is 0.100. The standard InChI is InChI=1S/C20H13BrFN3O4S/c1-28-16-9-11(13(21)10-17(16)29-7-6-23)8-12-18(26)24-20(30)25(19(12)27)15-5-3-2-4-14(15)22/h2-5,8-10H,7H2,1H3,(H,24,26,30)/b12-8+. The number of ether oxygens (including phenoxy) is 2. The molecule has 7 nitrogen and oxygen atoms in total. The first-order valence-corrected chi connectivity index (χ1v) is 9.60. The maximum absolute atomic E-state index is 14.2. The minimum atomic E-state index is -0.774. The van der Waals surface area contributed by atoms with Crippen LogP contribution >= 0.6 is 28.1 Å². The summed E-state index contributed by atoms with van der Waals surface area (Å²) in [6, 6.07) is 10.5. The number of benzene rings is 2. The zero-order chi connectivity index (χ0) is 21.8. The highest BCUT2D eigenvalue weighted by molar-refractivity contribution is 9.10. The number of methoxy groups -OCH3 is 1. The van der Waals surface area contributed by atoms with Gasteiger partial charge in [0.15, 0.2) is 23.2 Å². The van der Waals surface area contributed by atoms with Crippen molar-refractivity contribution in [3.63, 3.8) is 0 Å². The number of nitrogens with zero attached hydrogens (tertiary/aromatic N) is 2. The van der Waals surface area contributed by atoms with Crippen LogP contribution in [0, 0.1) is 17.1 Å². The molecular weight excluding hydrogens is 477 g/mol. The second-order valence-electron chi connectivity index (χ2n) is 5.88. The predicted octanol–water partition coefficient (Wildman–Crippen LogP) is 3.33. The van der Waals surface area contributed by atoms with Crippen molar-refractivity contribution in [2.24, 2.45) is 0 Å². The van der Waals surface area contributed by atoms with Gasteiger partial charge >= 0.3 is 0 Å². The highest BCUT2D eigenvalue weighted by Gasteiger charge is 2.35. The Labute approximate surface area is 184 Å². The number of carbonyl (C=O) groups is 2. The van der Waals surface area contributed by atoms with Crippen LogP contribution in [0.2, 0.25) is 0 Å². The van der Waals surface area contributed by atoms with E-state index in [-0.39, 0.29) is 23.0 Å². The Morgan fingerprint density at radius 2 is 2.03 bits per heavy atom. The van der Waals surface area contributed by atoms with Gasteiger partial charge in [0, 0.05) is 4.47 Å². The van der Waals surface area contributed by atoms with Crippen molar-refractivity contribution < 1.29 is 23.5 Å².